The van der Waals surface area contributed by atoms with Gasteiger partial charge in [-0.15, -0.1) is 0 Å². The van der Waals surface area contributed by atoms with Gasteiger partial charge >= 0.3 is 0 Å². The Balaban J connectivity index is 1.85. The zero-order valence-electron chi connectivity index (χ0n) is 11.4. The van der Waals surface area contributed by atoms with E-state index in [0.29, 0.717) is 10.5 Å². The molecule has 2 aliphatic rings. The van der Waals surface area contributed by atoms with Crippen LogP contribution in [-0.4, -0.2) is 16.3 Å². The van der Waals surface area contributed by atoms with Crippen LogP contribution >= 0.6 is 11.8 Å². The molecular formula is C16H15F2NOS. The summed E-state index contributed by atoms with van der Waals surface area (Å²) in [6.07, 6.45) is 4.91. The lowest BCUT2D eigenvalue weighted by Crippen LogP contribution is -2.33. The Kier molecular flexibility index (Phi) is 3.99. The molecule has 0 N–H and O–H groups in total. The molecule has 2 unspecified atom stereocenters. The van der Waals surface area contributed by atoms with Crippen LogP contribution in [0.3, 0.4) is 0 Å². The third-order valence-electron chi connectivity index (χ3n) is 4.35. The maximum Gasteiger partial charge on any atom is 0.169 e. The molecule has 3 rings (SSSR count). The number of nitriles is 1. The topological polar surface area (TPSA) is 40.9 Å². The minimum Gasteiger partial charge on any atom is -0.294 e. The highest BCUT2D eigenvalue weighted by Crippen LogP contribution is 2.44. The van der Waals surface area contributed by atoms with Gasteiger partial charge in [-0.2, -0.15) is 17.0 Å². The van der Waals surface area contributed by atoms with Gasteiger partial charge in [-0.05, 0) is 37.8 Å². The van der Waals surface area contributed by atoms with Crippen molar-refractivity contribution >= 4 is 17.5 Å². The molecule has 1 aromatic carbocycles. The lowest BCUT2D eigenvalue weighted by atomic mass is 9.84. The van der Waals surface area contributed by atoms with Gasteiger partial charge in [0, 0.05) is 16.4 Å². The van der Waals surface area contributed by atoms with E-state index in [0.717, 1.165) is 37.8 Å². The van der Waals surface area contributed by atoms with E-state index in [9.17, 15) is 13.6 Å². The summed E-state index contributed by atoms with van der Waals surface area (Å²) in [7, 11) is 0. The van der Waals surface area contributed by atoms with Gasteiger partial charge in [0.25, 0.3) is 0 Å². The quantitative estimate of drug-likeness (QED) is 0.773. The maximum atomic E-state index is 14.0. The van der Waals surface area contributed by atoms with Crippen molar-refractivity contribution in [1.29, 1.82) is 5.26 Å². The largest absolute Gasteiger partial charge is 0.294 e. The Morgan fingerprint density at radius 2 is 1.86 bits per heavy atom. The van der Waals surface area contributed by atoms with E-state index in [1.165, 1.54) is 6.42 Å². The number of hydrogen-bond donors (Lipinski definition) is 0. The molecule has 2 aliphatic heterocycles. The highest BCUT2D eigenvalue weighted by atomic mass is 32.2. The Hall–Kier alpha value is -1.41. The van der Waals surface area contributed by atoms with E-state index in [1.54, 1.807) is 6.07 Å². The molecule has 2 nitrogen and oxygen atoms in total. The minimum atomic E-state index is -0.826. The summed E-state index contributed by atoms with van der Waals surface area (Å²) in [6, 6.07) is 3.29. The number of benzene rings is 1. The zero-order valence-corrected chi connectivity index (χ0v) is 12.3. The van der Waals surface area contributed by atoms with Gasteiger partial charge in [0.15, 0.2) is 5.78 Å². The number of ketones is 1. The number of fused-ring (bicyclic) bond motifs is 2. The molecule has 0 spiro atoms. The van der Waals surface area contributed by atoms with Crippen molar-refractivity contribution < 1.29 is 13.6 Å². The number of hydrogen-bond acceptors (Lipinski definition) is 3. The lowest BCUT2D eigenvalue weighted by molar-refractivity contribution is 0.0892. The third-order valence-corrected chi connectivity index (χ3v) is 5.97. The molecular weight excluding hydrogens is 292 g/mol. The Labute approximate surface area is 126 Å². The summed E-state index contributed by atoms with van der Waals surface area (Å²) in [5.41, 5.74) is -0.568. The normalized spacial score (nSPS) is 28.0. The molecule has 21 heavy (non-hydrogen) atoms. The van der Waals surface area contributed by atoms with Crippen LogP contribution in [0.5, 0.6) is 0 Å². The van der Waals surface area contributed by atoms with Crippen LogP contribution in [0.25, 0.3) is 0 Å². The van der Waals surface area contributed by atoms with Gasteiger partial charge in [-0.3, -0.25) is 4.79 Å². The van der Waals surface area contributed by atoms with Gasteiger partial charge in [-0.1, -0.05) is 6.42 Å². The van der Waals surface area contributed by atoms with Crippen molar-refractivity contribution in [3.8, 4) is 6.07 Å². The third kappa shape index (κ3) is 2.82. The second-order valence-electron chi connectivity index (χ2n) is 5.77. The molecule has 110 valence electrons. The molecule has 2 bridgehead atoms. The van der Waals surface area contributed by atoms with Crippen LogP contribution in [0.2, 0.25) is 0 Å². The summed E-state index contributed by atoms with van der Waals surface area (Å²) in [4.78, 5) is 12.5. The molecule has 2 saturated heterocycles. The van der Waals surface area contributed by atoms with Crippen molar-refractivity contribution in [3.05, 3.63) is 34.9 Å². The highest BCUT2D eigenvalue weighted by molar-refractivity contribution is 8.00. The molecule has 0 aliphatic carbocycles. The predicted octanol–water partition coefficient (Wildman–Crippen LogP) is 4.08. The zero-order chi connectivity index (χ0) is 15.0. The molecule has 5 heteroatoms. The average Bonchev–Trinajstić information content (AvgIpc) is 2.48. The summed E-state index contributed by atoms with van der Waals surface area (Å²) >= 11 is 1.94. The number of Topliss-reactive ketones (excluding diaryl/α,β-unsaturated/α-hetero) is 1. The summed E-state index contributed by atoms with van der Waals surface area (Å²) in [5, 5.41) is 9.63. The van der Waals surface area contributed by atoms with Crippen molar-refractivity contribution in [2.24, 2.45) is 5.92 Å². The second kappa shape index (κ2) is 5.76. The fourth-order valence-electron chi connectivity index (χ4n) is 3.31. The van der Waals surface area contributed by atoms with Gasteiger partial charge in [-0.25, -0.2) is 8.78 Å². The Morgan fingerprint density at radius 3 is 2.48 bits per heavy atom. The van der Waals surface area contributed by atoms with Crippen LogP contribution in [0.4, 0.5) is 8.78 Å². The fourth-order valence-corrected chi connectivity index (χ4v) is 5.15. The first-order valence-electron chi connectivity index (χ1n) is 7.17. The van der Waals surface area contributed by atoms with Crippen LogP contribution in [0, 0.1) is 28.9 Å². The number of halogens is 2. The van der Waals surface area contributed by atoms with E-state index >= 15 is 0 Å². The monoisotopic (exact) mass is 307 g/mol. The van der Waals surface area contributed by atoms with E-state index in [-0.39, 0.29) is 22.8 Å². The van der Waals surface area contributed by atoms with Gasteiger partial charge in [0.2, 0.25) is 0 Å². The molecule has 2 atom stereocenters. The lowest BCUT2D eigenvalue weighted by Gasteiger charge is -2.38. The number of carbonyl (C=O) groups is 1. The van der Waals surface area contributed by atoms with Crippen LogP contribution in [0.15, 0.2) is 12.1 Å². The number of nitrogens with zero attached hydrogens (tertiary/aromatic N) is 1. The molecule has 0 aromatic heterocycles. The van der Waals surface area contributed by atoms with Crippen molar-refractivity contribution in [3.63, 3.8) is 0 Å². The summed E-state index contributed by atoms with van der Waals surface area (Å²) in [6.45, 7) is 0. The van der Waals surface area contributed by atoms with Crippen molar-refractivity contribution in [1.82, 2.24) is 0 Å². The van der Waals surface area contributed by atoms with Crippen molar-refractivity contribution in [2.45, 2.75) is 42.6 Å². The van der Waals surface area contributed by atoms with E-state index in [2.05, 4.69) is 0 Å². The number of rotatable bonds is 2. The molecule has 0 radical (unpaired) electrons. The first kappa shape index (κ1) is 14.5. The van der Waals surface area contributed by atoms with E-state index in [4.69, 9.17) is 5.26 Å². The van der Waals surface area contributed by atoms with Crippen LogP contribution in [0.1, 0.15) is 48.0 Å². The average molecular weight is 307 g/mol. The van der Waals surface area contributed by atoms with Crippen LogP contribution in [-0.2, 0) is 0 Å². The maximum absolute atomic E-state index is 14.0. The molecule has 0 amide bonds. The summed E-state index contributed by atoms with van der Waals surface area (Å²) < 4.78 is 27.6. The van der Waals surface area contributed by atoms with Gasteiger partial charge < -0.3 is 0 Å². The highest BCUT2D eigenvalue weighted by Gasteiger charge is 2.36. The molecule has 1 aromatic rings. The van der Waals surface area contributed by atoms with Crippen LogP contribution < -0.4 is 0 Å². The molecule has 2 fully saturated rings. The molecule has 2 heterocycles. The Morgan fingerprint density at radius 1 is 1.19 bits per heavy atom. The van der Waals surface area contributed by atoms with Gasteiger partial charge in [0.05, 0.1) is 11.1 Å². The SMILES string of the molecule is N#Cc1cc(F)c(C(=O)C2CC3CCCC(C2)S3)cc1F. The Bertz CT molecular complexity index is 613. The fraction of sp³-hybridized carbons (Fsp3) is 0.500. The smallest absolute Gasteiger partial charge is 0.169 e. The summed E-state index contributed by atoms with van der Waals surface area (Å²) in [5.74, 6) is -2.15. The predicted molar refractivity (Wildman–Crippen MR) is 77.1 cm³/mol. The number of thioether (sulfide) groups is 1. The first-order valence-corrected chi connectivity index (χ1v) is 8.11. The molecule has 0 saturated carbocycles. The van der Waals surface area contributed by atoms with E-state index < -0.39 is 11.6 Å². The number of carbonyl (C=O) groups excluding carboxylic acids is 1. The first-order chi connectivity index (χ1) is 10.1. The van der Waals surface area contributed by atoms with E-state index in [1.807, 2.05) is 11.8 Å². The standard InChI is InChI=1S/C16H15F2NOS/c17-14-7-13(15(18)6-10(14)8-19)16(20)9-4-11-2-1-3-12(5-9)21-11/h6-7,9,11-12H,1-5H2. The van der Waals surface area contributed by atoms with Crippen molar-refractivity contribution in [2.75, 3.05) is 0 Å². The minimum absolute atomic E-state index is 0.207. The van der Waals surface area contributed by atoms with Gasteiger partial charge in [0.1, 0.15) is 17.7 Å². The second-order valence-corrected chi connectivity index (χ2v) is 7.37.